The second-order valence-electron chi connectivity index (χ2n) is 6.77. The summed E-state index contributed by atoms with van der Waals surface area (Å²) in [7, 11) is 5.55. The summed E-state index contributed by atoms with van der Waals surface area (Å²) < 4.78 is 20.4. The first-order valence-electron chi connectivity index (χ1n) is 9.63. The van der Waals surface area contributed by atoms with Crippen molar-refractivity contribution in [3.8, 4) is 11.5 Å². The first-order valence-corrected chi connectivity index (χ1v) is 9.63. The van der Waals surface area contributed by atoms with E-state index in [4.69, 9.17) is 18.9 Å². The second-order valence-corrected chi connectivity index (χ2v) is 6.77. The number of benzene rings is 2. The molecule has 0 fully saturated rings. The third kappa shape index (κ3) is 3.94. The number of esters is 2. The molecule has 2 aromatic carbocycles. The molecule has 2 aromatic rings. The molecule has 0 atom stereocenters. The number of amides is 1. The number of methoxy groups -OCH3 is 4. The van der Waals surface area contributed by atoms with Crippen molar-refractivity contribution in [2.45, 2.75) is 6.92 Å². The lowest BCUT2D eigenvalue weighted by Crippen LogP contribution is -2.24. The lowest BCUT2D eigenvalue weighted by atomic mass is 10.0. The summed E-state index contributed by atoms with van der Waals surface area (Å²) in [5.74, 6) is -0.630. The quantitative estimate of drug-likeness (QED) is 0.505. The van der Waals surface area contributed by atoms with Crippen LogP contribution < -0.4 is 14.4 Å². The number of nitrogens with zero attached hydrogens (tertiary/aromatic N) is 1. The Hall–Kier alpha value is -4.07. The van der Waals surface area contributed by atoms with Crippen LogP contribution in [-0.4, -0.2) is 46.3 Å². The van der Waals surface area contributed by atoms with Crippen LogP contribution in [0.25, 0.3) is 6.08 Å². The molecule has 0 spiro atoms. The third-order valence-electron chi connectivity index (χ3n) is 5.07. The van der Waals surface area contributed by atoms with Gasteiger partial charge in [0.1, 0.15) is 0 Å². The number of carbonyl (C=O) groups is 3. The highest BCUT2D eigenvalue weighted by atomic mass is 16.5. The van der Waals surface area contributed by atoms with Gasteiger partial charge in [-0.2, -0.15) is 0 Å². The van der Waals surface area contributed by atoms with Crippen LogP contribution in [0.1, 0.15) is 22.8 Å². The molecule has 8 heteroatoms. The summed E-state index contributed by atoms with van der Waals surface area (Å²) in [6, 6.07) is 11.5. The summed E-state index contributed by atoms with van der Waals surface area (Å²) in [4.78, 5) is 39.1. The molecule has 0 saturated carbocycles. The van der Waals surface area contributed by atoms with Crippen LogP contribution in [-0.2, 0) is 19.1 Å². The number of para-hydroxylation sites is 1. The molecule has 0 radical (unpaired) electrons. The van der Waals surface area contributed by atoms with Crippen LogP contribution in [0, 0.1) is 0 Å². The highest BCUT2D eigenvalue weighted by Gasteiger charge is 2.38. The predicted molar refractivity (Wildman–Crippen MR) is 118 cm³/mol. The average molecular weight is 437 g/mol. The van der Waals surface area contributed by atoms with Crippen molar-refractivity contribution >= 4 is 29.6 Å². The predicted octanol–water partition coefficient (Wildman–Crippen LogP) is 3.37. The van der Waals surface area contributed by atoms with Gasteiger partial charge in [0.05, 0.1) is 45.1 Å². The molecular weight excluding hydrogens is 414 g/mol. The van der Waals surface area contributed by atoms with Gasteiger partial charge < -0.3 is 18.9 Å². The second kappa shape index (κ2) is 9.38. The number of rotatable bonds is 6. The molecule has 8 nitrogen and oxygen atoms in total. The van der Waals surface area contributed by atoms with Crippen molar-refractivity contribution in [1.29, 1.82) is 0 Å². The van der Waals surface area contributed by atoms with Crippen molar-refractivity contribution in [3.05, 3.63) is 70.4 Å². The number of hydrogen-bond acceptors (Lipinski definition) is 7. The maximum Gasteiger partial charge on any atom is 0.340 e. The van der Waals surface area contributed by atoms with E-state index < -0.39 is 17.8 Å². The molecule has 166 valence electrons. The topological polar surface area (TPSA) is 91.4 Å². The van der Waals surface area contributed by atoms with E-state index >= 15 is 0 Å². The smallest absolute Gasteiger partial charge is 0.340 e. The molecule has 0 aromatic heterocycles. The Balaban J connectivity index is 2.13. The standard InChI is InChI=1S/C24H23NO7/c1-14-20(24(28)32-5)18(13-16-7-6-8-19(29-2)21(16)30-3)22(26)25(14)17-11-9-15(10-12-17)23(27)31-4/h6-13H,1-5H3. The molecule has 1 aliphatic rings. The zero-order valence-electron chi connectivity index (χ0n) is 18.4. The fourth-order valence-electron chi connectivity index (χ4n) is 3.54. The van der Waals surface area contributed by atoms with Crippen LogP contribution in [0.4, 0.5) is 5.69 Å². The fourth-order valence-corrected chi connectivity index (χ4v) is 3.54. The molecule has 0 bridgehead atoms. The van der Waals surface area contributed by atoms with E-state index in [0.717, 1.165) is 0 Å². The Bertz CT molecular complexity index is 1130. The minimum atomic E-state index is -0.641. The molecule has 1 heterocycles. The number of anilines is 1. The summed E-state index contributed by atoms with van der Waals surface area (Å²) in [5.41, 5.74) is 2.09. The molecule has 1 amide bonds. The highest BCUT2D eigenvalue weighted by molar-refractivity contribution is 6.24. The van der Waals surface area contributed by atoms with Gasteiger partial charge in [-0.25, -0.2) is 9.59 Å². The number of ether oxygens (including phenoxy) is 4. The summed E-state index contributed by atoms with van der Waals surface area (Å²) in [5, 5.41) is 0. The average Bonchev–Trinajstić information content (AvgIpc) is 3.06. The van der Waals surface area contributed by atoms with Gasteiger partial charge in [-0.15, -0.1) is 0 Å². The largest absolute Gasteiger partial charge is 0.493 e. The van der Waals surface area contributed by atoms with Crippen LogP contribution in [0.3, 0.4) is 0 Å². The Kier molecular flexibility index (Phi) is 6.63. The summed E-state index contributed by atoms with van der Waals surface area (Å²) in [6.07, 6.45) is 1.57. The lowest BCUT2D eigenvalue weighted by molar-refractivity contribution is -0.136. The minimum absolute atomic E-state index is 0.138. The highest BCUT2D eigenvalue weighted by Crippen LogP contribution is 2.38. The minimum Gasteiger partial charge on any atom is -0.493 e. The Morgan fingerprint density at radius 1 is 0.875 bits per heavy atom. The lowest BCUT2D eigenvalue weighted by Gasteiger charge is -2.18. The van der Waals surface area contributed by atoms with E-state index in [1.807, 2.05) is 0 Å². The molecule has 3 rings (SSSR count). The maximum absolute atomic E-state index is 13.4. The Morgan fingerprint density at radius 3 is 2.09 bits per heavy atom. The van der Waals surface area contributed by atoms with Gasteiger partial charge in [-0.1, -0.05) is 12.1 Å². The van der Waals surface area contributed by atoms with Gasteiger partial charge >= 0.3 is 11.9 Å². The van der Waals surface area contributed by atoms with Gasteiger partial charge in [-0.05, 0) is 43.3 Å². The Labute approximate surface area is 185 Å². The number of hydrogen-bond donors (Lipinski definition) is 0. The zero-order chi connectivity index (χ0) is 23.4. The normalized spacial score (nSPS) is 14.6. The van der Waals surface area contributed by atoms with Crippen LogP contribution in [0.15, 0.2) is 59.3 Å². The molecule has 0 N–H and O–H groups in total. The third-order valence-corrected chi connectivity index (χ3v) is 5.07. The van der Waals surface area contributed by atoms with E-state index in [2.05, 4.69) is 0 Å². The van der Waals surface area contributed by atoms with Crippen LogP contribution >= 0.6 is 0 Å². The van der Waals surface area contributed by atoms with Crippen molar-refractivity contribution in [3.63, 3.8) is 0 Å². The molecule has 0 unspecified atom stereocenters. The van der Waals surface area contributed by atoms with Crippen molar-refractivity contribution in [2.75, 3.05) is 33.3 Å². The SMILES string of the molecule is COC(=O)C1=C(C)N(c2ccc(C(=O)OC)cc2)C(=O)C1=Cc1cccc(OC)c1OC. The van der Waals surface area contributed by atoms with Gasteiger partial charge in [-0.3, -0.25) is 9.69 Å². The van der Waals surface area contributed by atoms with Gasteiger partial charge in [0, 0.05) is 16.9 Å². The van der Waals surface area contributed by atoms with Crippen LogP contribution in [0.5, 0.6) is 11.5 Å². The van der Waals surface area contributed by atoms with Gasteiger partial charge in [0.15, 0.2) is 11.5 Å². The van der Waals surface area contributed by atoms with Crippen molar-refractivity contribution in [2.24, 2.45) is 0 Å². The molecule has 0 aliphatic carbocycles. The zero-order valence-corrected chi connectivity index (χ0v) is 18.4. The van der Waals surface area contributed by atoms with E-state index in [0.29, 0.717) is 34.0 Å². The Morgan fingerprint density at radius 2 is 1.53 bits per heavy atom. The number of allylic oxidation sites excluding steroid dienone is 1. The van der Waals surface area contributed by atoms with Crippen LogP contribution in [0.2, 0.25) is 0 Å². The first-order chi connectivity index (χ1) is 15.4. The van der Waals surface area contributed by atoms with Crippen molar-refractivity contribution < 1.29 is 33.3 Å². The maximum atomic E-state index is 13.4. The van der Waals surface area contributed by atoms with Gasteiger partial charge in [0.25, 0.3) is 5.91 Å². The molecular formula is C24H23NO7. The molecule has 1 aliphatic heterocycles. The first kappa shape index (κ1) is 22.6. The number of carbonyl (C=O) groups excluding carboxylic acids is 3. The molecule has 32 heavy (non-hydrogen) atoms. The fraction of sp³-hybridized carbons (Fsp3) is 0.208. The van der Waals surface area contributed by atoms with E-state index in [-0.39, 0.29) is 11.1 Å². The van der Waals surface area contributed by atoms with E-state index in [1.165, 1.54) is 33.3 Å². The molecule has 0 saturated heterocycles. The van der Waals surface area contributed by atoms with E-state index in [9.17, 15) is 14.4 Å². The summed E-state index contributed by atoms with van der Waals surface area (Å²) in [6.45, 7) is 1.65. The van der Waals surface area contributed by atoms with Crippen molar-refractivity contribution in [1.82, 2.24) is 0 Å². The van der Waals surface area contributed by atoms with E-state index in [1.54, 1.807) is 55.5 Å². The van der Waals surface area contributed by atoms with Gasteiger partial charge in [0.2, 0.25) is 0 Å². The monoisotopic (exact) mass is 437 g/mol. The summed E-state index contributed by atoms with van der Waals surface area (Å²) >= 11 is 0.